The maximum atomic E-state index is 11.9. The molecule has 5 heteroatoms. The lowest BCUT2D eigenvalue weighted by Gasteiger charge is -2.39. The van der Waals surface area contributed by atoms with Gasteiger partial charge in [-0.15, -0.1) is 0 Å². The summed E-state index contributed by atoms with van der Waals surface area (Å²) in [6.45, 7) is 5.99. The number of likely N-dealkylation sites (tertiary alicyclic amines) is 1. The molecule has 1 aliphatic heterocycles. The minimum absolute atomic E-state index is 0.112. The normalized spacial score (nSPS) is 25.4. The molecule has 0 aromatic carbocycles. The first-order chi connectivity index (χ1) is 9.10. The Morgan fingerprint density at radius 2 is 2.16 bits per heavy atom. The van der Waals surface area contributed by atoms with Crippen LogP contribution in [0.3, 0.4) is 0 Å². The Balaban J connectivity index is 2.57. The van der Waals surface area contributed by atoms with E-state index < -0.39 is 0 Å². The second kappa shape index (κ2) is 8.51. The number of nitrogens with one attached hydrogen (secondary N) is 1. The van der Waals surface area contributed by atoms with Crippen LogP contribution in [0.25, 0.3) is 0 Å². The van der Waals surface area contributed by atoms with E-state index in [1.807, 2.05) is 18.7 Å². The predicted molar refractivity (Wildman–Crippen MR) is 74.8 cm³/mol. The quantitative estimate of drug-likeness (QED) is 0.625. The molecule has 112 valence electrons. The molecule has 1 rings (SSSR count). The molecule has 0 aromatic heterocycles. The van der Waals surface area contributed by atoms with Gasteiger partial charge >= 0.3 is 0 Å². The summed E-state index contributed by atoms with van der Waals surface area (Å²) >= 11 is 0. The molecule has 1 saturated heterocycles. The van der Waals surface area contributed by atoms with E-state index >= 15 is 0 Å². The second-order valence-electron chi connectivity index (χ2n) is 5.43. The summed E-state index contributed by atoms with van der Waals surface area (Å²) in [5, 5.41) is 22.0. The summed E-state index contributed by atoms with van der Waals surface area (Å²) in [6, 6.07) is 0.227. The second-order valence-corrected chi connectivity index (χ2v) is 5.43. The monoisotopic (exact) mass is 272 g/mol. The zero-order valence-electron chi connectivity index (χ0n) is 12.1. The molecule has 3 N–H and O–H groups in total. The summed E-state index contributed by atoms with van der Waals surface area (Å²) in [4.78, 5) is 13.8. The molecule has 0 aromatic rings. The number of hydrogen-bond acceptors (Lipinski definition) is 4. The number of rotatable bonds is 7. The zero-order valence-corrected chi connectivity index (χ0v) is 12.1. The van der Waals surface area contributed by atoms with Gasteiger partial charge < -0.3 is 20.4 Å². The Morgan fingerprint density at radius 1 is 1.42 bits per heavy atom. The van der Waals surface area contributed by atoms with E-state index in [9.17, 15) is 9.90 Å². The lowest BCUT2D eigenvalue weighted by Crippen LogP contribution is -2.52. The average Bonchev–Trinajstić information content (AvgIpc) is 2.43. The van der Waals surface area contributed by atoms with Crippen molar-refractivity contribution in [2.75, 3.05) is 26.2 Å². The lowest BCUT2D eigenvalue weighted by atomic mass is 9.88. The maximum Gasteiger partial charge on any atom is 0.222 e. The van der Waals surface area contributed by atoms with Crippen LogP contribution < -0.4 is 5.32 Å². The van der Waals surface area contributed by atoms with E-state index in [4.69, 9.17) is 5.11 Å². The fourth-order valence-corrected chi connectivity index (χ4v) is 2.77. The van der Waals surface area contributed by atoms with Crippen LogP contribution in [-0.4, -0.2) is 59.4 Å². The SMILES string of the molecule is CCC(=O)N1CC(CC(O)CC)CC(NCCO)C1. The van der Waals surface area contributed by atoms with Crippen LogP contribution in [0, 0.1) is 5.92 Å². The fraction of sp³-hybridized carbons (Fsp3) is 0.929. The molecule has 0 bridgehead atoms. The van der Waals surface area contributed by atoms with Crippen LogP contribution in [0.4, 0.5) is 0 Å². The van der Waals surface area contributed by atoms with Crippen LogP contribution in [0.2, 0.25) is 0 Å². The maximum absolute atomic E-state index is 11.9. The number of aliphatic hydroxyl groups is 2. The van der Waals surface area contributed by atoms with Crippen molar-refractivity contribution >= 4 is 5.91 Å². The summed E-state index contributed by atoms with van der Waals surface area (Å²) < 4.78 is 0. The number of piperidine rings is 1. The fourth-order valence-electron chi connectivity index (χ4n) is 2.77. The first-order valence-electron chi connectivity index (χ1n) is 7.40. The van der Waals surface area contributed by atoms with Gasteiger partial charge in [-0.25, -0.2) is 0 Å². The first kappa shape index (κ1) is 16.4. The summed E-state index contributed by atoms with van der Waals surface area (Å²) in [6.07, 6.45) is 2.72. The van der Waals surface area contributed by atoms with Gasteiger partial charge in [0, 0.05) is 32.1 Å². The van der Waals surface area contributed by atoms with E-state index in [-0.39, 0.29) is 24.7 Å². The van der Waals surface area contributed by atoms with Gasteiger partial charge in [0.25, 0.3) is 0 Å². The smallest absolute Gasteiger partial charge is 0.222 e. The van der Waals surface area contributed by atoms with Crippen molar-refractivity contribution in [3.8, 4) is 0 Å². The Morgan fingerprint density at radius 3 is 2.74 bits per heavy atom. The Bertz CT molecular complexity index is 273. The van der Waals surface area contributed by atoms with Crippen molar-refractivity contribution in [2.24, 2.45) is 5.92 Å². The minimum atomic E-state index is -0.278. The number of hydrogen-bond donors (Lipinski definition) is 3. The van der Waals surface area contributed by atoms with Crippen LogP contribution >= 0.6 is 0 Å². The van der Waals surface area contributed by atoms with E-state index in [1.54, 1.807) is 0 Å². The largest absolute Gasteiger partial charge is 0.395 e. The van der Waals surface area contributed by atoms with E-state index in [0.717, 1.165) is 25.8 Å². The third kappa shape index (κ3) is 5.47. The molecule has 19 heavy (non-hydrogen) atoms. The number of nitrogens with zero attached hydrogens (tertiary/aromatic N) is 1. The van der Waals surface area contributed by atoms with Crippen LogP contribution in [-0.2, 0) is 4.79 Å². The zero-order chi connectivity index (χ0) is 14.3. The van der Waals surface area contributed by atoms with E-state index in [1.165, 1.54) is 0 Å². The molecule has 0 aliphatic carbocycles. The molecule has 0 radical (unpaired) electrons. The molecule has 1 fully saturated rings. The van der Waals surface area contributed by atoms with Crippen molar-refractivity contribution in [3.63, 3.8) is 0 Å². The standard InChI is InChI=1S/C14H28N2O3/c1-3-13(18)8-11-7-12(15-5-6-17)10-16(9-11)14(19)4-2/h11-13,15,17-18H,3-10H2,1-2H3. The summed E-state index contributed by atoms with van der Waals surface area (Å²) in [5.41, 5.74) is 0. The number of aliphatic hydroxyl groups excluding tert-OH is 2. The van der Waals surface area contributed by atoms with Gasteiger partial charge in [0.05, 0.1) is 12.7 Å². The molecule has 0 spiro atoms. The minimum Gasteiger partial charge on any atom is -0.395 e. The highest BCUT2D eigenvalue weighted by Crippen LogP contribution is 2.23. The van der Waals surface area contributed by atoms with Crippen LogP contribution in [0.5, 0.6) is 0 Å². The molecular weight excluding hydrogens is 244 g/mol. The molecular formula is C14H28N2O3. The van der Waals surface area contributed by atoms with Crippen molar-refractivity contribution in [3.05, 3.63) is 0 Å². The molecule has 1 heterocycles. The van der Waals surface area contributed by atoms with Crippen molar-refractivity contribution < 1.29 is 15.0 Å². The van der Waals surface area contributed by atoms with Crippen molar-refractivity contribution in [1.29, 1.82) is 0 Å². The van der Waals surface area contributed by atoms with Gasteiger partial charge in [0.1, 0.15) is 0 Å². The van der Waals surface area contributed by atoms with E-state index in [2.05, 4.69) is 5.32 Å². The van der Waals surface area contributed by atoms with Gasteiger partial charge in [-0.05, 0) is 25.2 Å². The van der Waals surface area contributed by atoms with Gasteiger partial charge in [-0.3, -0.25) is 4.79 Å². The molecule has 1 amide bonds. The number of carbonyl (C=O) groups is 1. The highest BCUT2D eigenvalue weighted by atomic mass is 16.3. The first-order valence-corrected chi connectivity index (χ1v) is 7.40. The summed E-state index contributed by atoms with van der Waals surface area (Å²) in [7, 11) is 0. The van der Waals surface area contributed by atoms with E-state index in [0.29, 0.717) is 25.4 Å². The molecule has 0 saturated carbocycles. The number of carbonyl (C=O) groups excluding carboxylic acids is 1. The van der Waals surface area contributed by atoms with Crippen molar-refractivity contribution in [1.82, 2.24) is 10.2 Å². The Kier molecular flexibility index (Phi) is 7.34. The van der Waals surface area contributed by atoms with Crippen LogP contribution in [0.1, 0.15) is 39.5 Å². The van der Waals surface area contributed by atoms with Gasteiger partial charge in [-0.1, -0.05) is 13.8 Å². The van der Waals surface area contributed by atoms with Gasteiger partial charge in [-0.2, -0.15) is 0 Å². The molecule has 3 unspecified atom stereocenters. The Hall–Kier alpha value is -0.650. The number of amides is 1. The topological polar surface area (TPSA) is 72.8 Å². The Labute approximate surface area is 116 Å². The van der Waals surface area contributed by atoms with Crippen molar-refractivity contribution in [2.45, 2.75) is 51.7 Å². The van der Waals surface area contributed by atoms with Gasteiger partial charge in [0.2, 0.25) is 5.91 Å². The highest BCUT2D eigenvalue weighted by molar-refractivity contribution is 5.76. The van der Waals surface area contributed by atoms with Crippen LogP contribution in [0.15, 0.2) is 0 Å². The predicted octanol–water partition coefficient (Wildman–Crippen LogP) is 0.356. The lowest BCUT2D eigenvalue weighted by molar-refractivity contribution is -0.133. The highest BCUT2D eigenvalue weighted by Gasteiger charge is 2.29. The molecule has 3 atom stereocenters. The molecule has 1 aliphatic rings. The third-order valence-corrected chi connectivity index (χ3v) is 3.81. The third-order valence-electron chi connectivity index (χ3n) is 3.81. The summed E-state index contributed by atoms with van der Waals surface area (Å²) in [5.74, 6) is 0.516. The molecule has 5 nitrogen and oxygen atoms in total. The van der Waals surface area contributed by atoms with Gasteiger partial charge in [0.15, 0.2) is 0 Å². The average molecular weight is 272 g/mol.